The summed E-state index contributed by atoms with van der Waals surface area (Å²) in [5.74, 6) is -0.808. The number of carboxylic acids is 1. The minimum absolute atomic E-state index is 0.0885. The van der Waals surface area contributed by atoms with Gasteiger partial charge in [0.25, 0.3) is 5.91 Å². The van der Waals surface area contributed by atoms with Gasteiger partial charge >= 0.3 is 5.97 Å². The Bertz CT molecular complexity index is 484. The monoisotopic (exact) mass is 279 g/mol. The molecule has 0 aliphatic carbocycles. The number of amides is 1. The maximum Gasteiger partial charge on any atom is 0.311 e. The van der Waals surface area contributed by atoms with Gasteiger partial charge in [0, 0.05) is 18.7 Å². The molecule has 5 nitrogen and oxygen atoms in total. The second kappa shape index (κ2) is 6.59. The van der Waals surface area contributed by atoms with Crippen LogP contribution >= 0.6 is 0 Å². The molecule has 20 heavy (non-hydrogen) atoms. The van der Waals surface area contributed by atoms with Crippen molar-refractivity contribution in [3.8, 4) is 0 Å². The molecular formula is C15H21NO4. The Balaban J connectivity index is 2.18. The first-order chi connectivity index (χ1) is 9.59. The molecule has 1 amide bonds. The quantitative estimate of drug-likeness (QED) is 0.923. The number of aliphatic carboxylic acids is 1. The van der Waals surface area contributed by atoms with Crippen molar-refractivity contribution in [2.24, 2.45) is 0 Å². The molecule has 1 aromatic rings. The molecule has 0 radical (unpaired) electrons. The van der Waals surface area contributed by atoms with Crippen LogP contribution in [0.5, 0.6) is 0 Å². The summed E-state index contributed by atoms with van der Waals surface area (Å²) in [5.41, 5.74) is 1.15. The molecule has 0 spiro atoms. The molecule has 1 saturated heterocycles. The van der Waals surface area contributed by atoms with Crippen molar-refractivity contribution in [3.63, 3.8) is 0 Å². The van der Waals surface area contributed by atoms with E-state index in [4.69, 9.17) is 9.52 Å². The van der Waals surface area contributed by atoms with Crippen LogP contribution in [0.4, 0.5) is 0 Å². The highest BCUT2D eigenvalue weighted by Gasteiger charge is 2.25. The molecule has 1 aliphatic rings. The molecular weight excluding hydrogens is 258 g/mol. The lowest BCUT2D eigenvalue weighted by atomic mass is 10.1. The highest BCUT2D eigenvalue weighted by Crippen LogP contribution is 2.21. The van der Waals surface area contributed by atoms with Crippen molar-refractivity contribution in [1.82, 2.24) is 4.90 Å². The van der Waals surface area contributed by atoms with E-state index in [2.05, 4.69) is 0 Å². The summed E-state index contributed by atoms with van der Waals surface area (Å²) in [5, 5.41) is 8.89. The molecule has 1 N–H and O–H groups in total. The number of aryl methyl sites for hydroxylation is 1. The van der Waals surface area contributed by atoms with Crippen LogP contribution in [0.3, 0.4) is 0 Å². The molecule has 110 valence electrons. The number of rotatable bonds is 3. The van der Waals surface area contributed by atoms with E-state index in [9.17, 15) is 9.59 Å². The fraction of sp³-hybridized carbons (Fsp3) is 0.600. The largest absolute Gasteiger partial charge is 0.481 e. The lowest BCUT2D eigenvalue weighted by Gasteiger charge is -2.25. The lowest BCUT2D eigenvalue weighted by Crippen LogP contribution is -2.34. The Hall–Kier alpha value is -1.78. The second-order valence-electron chi connectivity index (χ2n) is 5.35. The topological polar surface area (TPSA) is 70.7 Å². The molecule has 1 fully saturated rings. The van der Waals surface area contributed by atoms with Gasteiger partial charge in [0.05, 0.1) is 11.8 Å². The average molecular weight is 279 g/mol. The van der Waals surface area contributed by atoms with Crippen molar-refractivity contribution < 1.29 is 19.1 Å². The van der Waals surface area contributed by atoms with E-state index in [-0.39, 0.29) is 18.1 Å². The van der Waals surface area contributed by atoms with Gasteiger partial charge in [-0.15, -0.1) is 0 Å². The standard InChI is InChI=1S/C15H21NO4/c1-11-10-20-12(9-13(17)18)14(11)15(19)16-7-5-3-2-4-6-8-16/h10H,2-9H2,1H3,(H,17,18). The normalized spacial score (nSPS) is 16.6. The molecule has 1 aliphatic heterocycles. The van der Waals surface area contributed by atoms with E-state index < -0.39 is 5.97 Å². The van der Waals surface area contributed by atoms with Gasteiger partial charge in [0.15, 0.2) is 0 Å². The Morgan fingerprint density at radius 1 is 1.20 bits per heavy atom. The molecule has 0 saturated carbocycles. The third-order valence-corrected chi connectivity index (χ3v) is 3.72. The lowest BCUT2D eigenvalue weighted by molar-refractivity contribution is -0.136. The van der Waals surface area contributed by atoms with Crippen molar-refractivity contribution in [1.29, 1.82) is 0 Å². The highest BCUT2D eigenvalue weighted by molar-refractivity contribution is 5.97. The molecule has 2 rings (SSSR count). The molecule has 1 aromatic heterocycles. The summed E-state index contributed by atoms with van der Waals surface area (Å²) in [6.07, 6.45) is 6.77. The first-order valence-electron chi connectivity index (χ1n) is 7.17. The highest BCUT2D eigenvalue weighted by atomic mass is 16.4. The second-order valence-corrected chi connectivity index (χ2v) is 5.35. The van der Waals surface area contributed by atoms with Crippen LogP contribution in [0.25, 0.3) is 0 Å². The fourth-order valence-corrected chi connectivity index (χ4v) is 2.66. The van der Waals surface area contributed by atoms with Crippen LogP contribution in [0.2, 0.25) is 0 Å². The van der Waals surface area contributed by atoms with Gasteiger partial charge in [0.2, 0.25) is 0 Å². The van der Waals surface area contributed by atoms with Gasteiger partial charge in [-0.1, -0.05) is 19.3 Å². The van der Waals surface area contributed by atoms with Crippen LogP contribution in [-0.4, -0.2) is 35.0 Å². The van der Waals surface area contributed by atoms with Crippen molar-refractivity contribution in [2.75, 3.05) is 13.1 Å². The molecule has 0 atom stereocenters. The molecule has 2 heterocycles. The summed E-state index contributed by atoms with van der Waals surface area (Å²) < 4.78 is 5.25. The Morgan fingerprint density at radius 3 is 2.40 bits per heavy atom. The summed E-state index contributed by atoms with van der Waals surface area (Å²) in [6, 6.07) is 0. The zero-order valence-electron chi connectivity index (χ0n) is 11.9. The Kier molecular flexibility index (Phi) is 4.82. The number of furan rings is 1. The van der Waals surface area contributed by atoms with Gasteiger partial charge in [-0.05, 0) is 19.8 Å². The van der Waals surface area contributed by atoms with Crippen LogP contribution in [-0.2, 0) is 11.2 Å². The smallest absolute Gasteiger partial charge is 0.311 e. The number of likely N-dealkylation sites (tertiary alicyclic amines) is 1. The predicted octanol–water partition coefficient (Wildman–Crippen LogP) is 2.62. The van der Waals surface area contributed by atoms with E-state index in [1.54, 1.807) is 6.92 Å². The number of carbonyl (C=O) groups is 2. The minimum Gasteiger partial charge on any atom is -0.481 e. The maximum atomic E-state index is 12.6. The van der Waals surface area contributed by atoms with E-state index in [0.29, 0.717) is 11.1 Å². The van der Waals surface area contributed by atoms with Crippen LogP contribution in [0.15, 0.2) is 10.7 Å². The SMILES string of the molecule is Cc1coc(CC(=O)O)c1C(=O)N1CCCCCCC1. The van der Waals surface area contributed by atoms with E-state index in [0.717, 1.165) is 38.8 Å². The van der Waals surface area contributed by atoms with Gasteiger partial charge in [0.1, 0.15) is 12.2 Å². The average Bonchev–Trinajstić information content (AvgIpc) is 2.68. The number of carboxylic acid groups (broad SMARTS) is 1. The van der Waals surface area contributed by atoms with Crippen molar-refractivity contribution in [2.45, 2.75) is 45.4 Å². The van der Waals surface area contributed by atoms with Gasteiger partial charge < -0.3 is 14.4 Å². The van der Waals surface area contributed by atoms with Crippen LogP contribution in [0.1, 0.15) is 53.8 Å². The summed E-state index contributed by atoms with van der Waals surface area (Å²) in [4.78, 5) is 25.3. The van der Waals surface area contributed by atoms with E-state index >= 15 is 0 Å². The zero-order valence-corrected chi connectivity index (χ0v) is 11.9. The predicted molar refractivity (Wildman–Crippen MR) is 73.8 cm³/mol. The maximum absolute atomic E-state index is 12.6. The van der Waals surface area contributed by atoms with Gasteiger partial charge in [-0.25, -0.2) is 0 Å². The Labute approximate surface area is 118 Å². The van der Waals surface area contributed by atoms with Crippen molar-refractivity contribution in [3.05, 3.63) is 23.2 Å². The van der Waals surface area contributed by atoms with E-state index in [1.807, 2.05) is 4.90 Å². The van der Waals surface area contributed by atoms with Crippen LogP contribution in [0, 0.1) is 6.92 Å². The molecule has 5 heteroatoms. The summed E-state index contributed by atoms with van der Waals surface area (Å²) in [7, 11) is 0. The molecule has 0 unspecified atom stereocenters. The first kappa shape index (κ1) is 14.6. The van der Waals surface area contributed by atoms with Crippen LogP contribution < -0.4 is 0 Å². The first-order valence-corrected chi connectivity index (χ1v) is 7.17. The Morgan fingerprint density at radius 2 is 1.80 bits per heavy atom. The minimum atomic E-state index is -0.985. The van der Waals surface area contributed by atoms with Gasteiger partial charge in [-0.3, -0.25) is 9.59 Å². The third kappa shape index (κ3) is 3.40. The number of carbonyl (C=O) groups excluding carboxylic acids is 1. The molecule has 0 aromatic carbocycles. The number of nitrogens with zero attached hydrogens (tertiary/aromatic N) is 1. The fourth-order valence-electron chi connectivity index (χ4n) is 2.66. The summed E-state index contributed by atoms with van der Waals surface area (Å²) in [6.45, 7) is 3.28. The number of hydrogen-bond acceptors (Lipinski definition) is 3. The van der Waals surface area contributed by atoms with Crippen molar-refractivity contribution >= 4 is 11.9 Å². The summed E-state index contributed by atoms with van der Waals surface area (Å²) >= 11 is 0. The zero-order chi connectivity index (χ0) is 14.5. The molecule has 0 bridgehead atoms. The number of hydrogen-bond donors (Lipinski definition) is 1. The van der Waals surface area contributed by atoms with E-state index in [1.165, 1.54) is 12.7 Å². The van der Waals surface area contributed by atoms with Gasteiger partial charge in [-0.2, -0.15) is 0 Å². The third-order valence-electron chi connectivity index (χ3n) is 3.72.